The van der Waals surface area contributed by atoms with Gasteiger partial charge in [-0.2, -0.15) is 0 Å². The standard InChI is InChI=1S/C41H80N2O6/c1-3-5-7-9-11-13-15-17-19-21-23-25-27-29-37(45)36(32-42-35-31-34(33-44)39(47)41(49)40(35)48)43-38(46)30-28-26-24-22-20-18-16-14-12-10-8-6-4-2/h27,29,34-37,39-42,44-45,47-49H,3-26,28,30-33H2,1-2H3,(H,43,46)/b29-27-/t34-,35-,36+,37-,39+,40+,41+/m1/s1. The Hall–Kier alpha value is -1.03. The molecule has 0 saturated heterocycles. The van der Waals surface area contributed by atoms with E-state index in [-0.39, 0.29) is 25.5 Å². The van der Waals surface area contributed by atoms with Gasteiger partial charge >= 0.3 is 0 Å². The summed E-state index contributed by atoms with van der Waals surface area (Å²) in [5, 5.41) is 58.0. The number of aliphatic hydroxyl groups excluding tert-OH is 5. The number of aliphatic hydroxyl groups is 5. The lowest BCUT2D eigenvalue weighted by molar-refractivity contribution is -0.131. The summed E-state index contributed by atoms with van der Waals surface area (Å²) >= 11 is 0. The van der Waals surface area contributed by atoms with Crippen LogP contribution in [0.2, 0.25) is 0 Å². The Balaban J connectivity index is 2.43. The number of unbranched alkanes of at least 4 members (excludes halogenated alkanes) is 23. The van der Waals surface area contributed by atoms with Crippen LogP contribution in [0.4, 0.5) is 0 Å². The van der Waals surface area contributed by atoms with Crippen LogP contribution in [0.15, 0.2) is 12.2 Å². The van der Waals surface area contributed by atoms with Gasteiger partial charge in [0.15, 0.2) is 0 Å². The maximum absolute atomic E-state index is 12.9. The van der Waals surface area contributed by atoms with E-state index in [1.807, 2.05) is 6.08 Å². The van der Waals surface area contributed by atoms with Crippen LogP contribution < -0.4 is 10.6 Å². The molecule has 49 heavy (non-hydrogen) atoms. The van der Waals surface area contributed by atoms with Crippen molar-refractivity contribution in [1.29, 1.82) is 0 Å². The van der Waals surface area contributed by atoms with Crippen LogP contribution in [0.3, 0.4) is 0 Å². The number of hydrogen-bond donors (Lipinski definition) is 7. The van der Waals surface area contributed by atoms with E-state index >= 15 is 0 Å². The maximum atomic E-state index is 12.9. The second kappa shape index (κ2) is 31.7. The minimum atomic E-state index is -1.37. The molecule has 0 aromatic carbocycles. The lowest BCUT2D eigenvalue weighted by atomic mass is 9.79. The van der Waals surface area contributed by atoms with E-state index in [0.717, 1.165) is 32.1 Å². The second-order valence-corrected chi connectivity index (χ2v) is 15.1. The smallest absolute Gasteiger partial charge is 0.220 e. The topological polar surface area (TPSA) is 142 Å². The fourth-order valence-electron chi connectivity index (χ4n) is 7.12. The summed E-state index contributed by atoms with van der Waals surface area (Å²) in [5.41, 5.74) is 0. The average Bonchev–Trinajstić information content (AvgIpc) is 3.10. The molecular weight excluding hydrogens is 616 g/mol. The van der Waals surface area contributed by atoms with E-state index in [9.17, 15) is 30.3 Å². The molecule has 290 valence electrons. The molecule has 8 heteroatoms. The molecule has 1 aliphatic carbocycles. The molecule has 1 amide bonds. The van der Waals surface area contributed by atoms with E-state index in [4.69, 9.17) is 0 Å². The molecule has 1 rings (SSSR count). The molecule has 1 fully saturated rings. The first kappa shape index (κ1) is 46.0. The van der Waals surface area contributed by atoms with Crippen LogP contribution in [-0.2, 0) is 4.79 Å². The molecule has 0 aromatic heterocycles. The van der Waals surface area contributed by atoms with Crippen molar-refractivity contribution in [3.8, 4) is 0 Å². The van der Waals surface area contributed by atoms with E-state index in [0.29, 0.717) is 6.42 Å². The van der Waals surface area contributed by atoms with Gasteiger partial charge < -0.3 is 36.2 Å². The first-order valence-electron chi connectivity index (χ1n) is 20.9. The summed E-state index contributed by atoms with van der Waals surface area (Å²) in [7, 11) is 0. The van der Waals surface area contributed by atoms with Crippen LogP contribution in [0, 0.1) is 5.92 Å². The molecule has 7 N–H and O–H groups in total. The van der Waals surface area contributed by atoms with Crippen LogP contribution in [0.5, 0.6) is 0 Å². The molecule has 0 bridgehead atoms. The predicted molar refractivity (Wildman–Crippen MR) is 203 cm³/mol. The zero-order valence-electron chi connectivity index (χ0n) is 31.8. The zero-order chi connectivity index (χ0) is 36.0. The van der Waals surface area contributed by atoms with Crippen molar-refractivity contribution in [3.63, 3.8) is 0 Å². The monoisotopic (exact) mass is 697 g/mol. The Bertz CT molecular complexity index is 781. The molecule has 7 atom stereocenters. The number of carbonyl (C=O) groups is 1. The van der Waals surface area contributed by atoms with E-state index in [2.05, 4.69) is 24.5 Å². The quantitative estimate of drug-likeness (QED) is 0.0276. The van der Waals surface area contributed by atoms with Gasteiger partial charge in [0.25, 0.3) is 0 Å². The predicted octanol–water partition coefficient (Wildman–Crippen LogP) is 7.62. The minimum absolute atomic E-state index is 0.0967. The van der Waals surface area contributed by atoms with Gasteiger partial charge in [-0.25, -0.2) is 0 Å². The first-order chi connectivity index (χ1) is 23.8. The Morgan fingerprint density at radius 1 is 0.653 bits per heavy atom. The number of allylic oxidation sites excluding steroid dienone is 1. The SMILES string of the molecule is CCCCCCCCCCCCC/C=C\[C@@H](O)[C@H](CN[C@@H]1C[C@H](CO)[C@H](O)[C@H](O)[C@H]1O)NC(=O)CCCCCCCCCCCCCCC. The van der Waals surface area contributed by atoms with Crippen molar-refractivity contribution in [2.45, 2.75) is 224 Å². The number of hydrogen-bond acceptors (Lipinski definition) is 7. The van der Waals surface area contributed by atoms with Crippen molar-refractivity contribution in [3.05, 3.63) is 12.2 Å². The summed E-state index contributed by atoms with van der Waals surface area (Å²) in [5.74, 6) is -0.657. The van der Waals surface area contributed by atoms with Crippen LogP contribution in [-0.4, -0.2) is 81.1 Å². The van der Waals surface area contributed by atoms with E-state index < -0.39 is 42.4 Å². The summed E-state index contributed by atoms with van der Waals surface area (Å²) in [6.45, 7) is 4.40. The molecule has 0 heterocycles. The van der Waals surface area contributed by atoms with Crippen molar-refractivity contribution in [2.24, 2.45) is 5.92 Å². The Morgan fingerprint density at radius 3 is 1.57 bits per heavy atom. The third-order valence-corrected chi connectivity index (χ3v) is 10.6. The van der Waals surface area contributed by atoms with Gasteiger partial charge in [-0.3, -0.25) is 4.79 Å². The van der Waals surface area contributed by atoms with E-state index in [1.165, 1.54) is 128 Å². The van der Waals surface area contributed by atoms with Gasteiger partial charge in [0.1, 0.15) is 6.10 Å². The molecule has 0 radical (unpaired) electrons. The highest BCUT2D eigenvalue weighted by atomic mass is 16.4. The molecule has 1 aliphatic rings. The van der Waals surface area contributed by atoms with Crippen molar-refractivity contribution in [1.82, 2.24) is 10.6 Å². The minimum Gasteiger partial charge on any atom is -0.396 e. The van der Waals surface area contributed by atoms with Gasteiger partial charge in [0, 0.05) is 31.5 Å². The summed E-state index contributed by atoms with van der Waals surface area (Å²) < 4.78 is 0. The van der Waals surface area contributed by atoms with Gasteiger partial charge in [0.2, 0.25) is 5.91 Å². The summed E-state index contributed by atoms with van der Waals surface area (Å²) in [6, 6.07) is -1.18. The highest BCUT2D eigenvalue weighted by molar-refractivity contribution is 5.76. The third kappa shape index (κ3) is 23.2. The van der Waals surface area contributed by atoms with Gasteiger partial charge in [-0.15, -0.1) is 0 Å². The molecule has 0 aromatic rings. The summed E-state index contributed by atoms with van der Waals surface area (Å²) in [6.07, 6.45) is 31.1. The summed E-state index contributed by atoms with van der Waals surface area (Å²) in [4.78, 5) is 12.9. The Kier molecular flexibility index (Phi) is 29.7. The number of carbonyl (C=O) groups excluding carboxylic acids is 1. The first-order valence-corrected chi connectivity index (χ1v) is 20.9. The maximum Gasteiger partial charge on any atom is 0.220 e. The normalized spacial score (nSPS) is 22.5. The molecule has 0 aliphatic heterocycles. The lowest BCUT2D eigenvalue weighted by Crippen LogP contribution is -2.61. The molecular formula is C41H80N2O6. The van der Waals surface area contributed by atoms with Gasteiger partial charge in [-0.1, -0.05) is 167 Å². The van der Waals surface area contributed by atoms with Crippen LogP contribution in [0.25, 0.3) is 0 Å². The van der Waals surface area contributed by atoms with Crippen molar-refractivity contribution in [2.75, 3.05) is 13.2 Å². The number of amides is 1. The Morgan fingerprint density at radius 2 is 1.10 bits per heavy atom. The number of nitrogens with one attached hydrogen (secondary N) is 2. The Labute approximate surface area is 301 Å². The fourth-order valence-corrected chi connectivity index (χ4v) is 7.12. The lowest BCUT2D eigenvalue weighted by Gasteiger charge is -2.41. The van der Waals surface area contributed by atoms with Gasteiger partial charge in [-0.05, 0) is 25.7 Å². The second-order valence-electron chi connectivity index (χ2n) is 15.1. The van der Waals surface area contributed by atoms with Gasteiger partial charge in [0.05, 0.1) is 24.4 Å². The molecule has 0 spiro atoms. The van der Waals surface area contributed by atoms with E-state index in [1.54, 1.807) is 6.08 Å². The average molecular weight is 697 g/mol. The molecule has 0 unspecified atom stereocenters. The van der Waals surface area contributed by atoms with Crippen LogP contribution in [0.1, 0.15) is 187 Å². The van der Waals surface area contributed by atoms with Crippen molar-refractivity contribution < 1.29 is 30.3 Å². The van der Waals surface area contributed by atoms with Crippen LogP contribution >= 0.6 is 0 Å². The highest BCUT2D eigenvalue weighted by Gasteiger charge is 2.42. The molecule has 1 saturated carbocycles. The zero-order valence-corrected chi connectivity index (χ0v) is 31.8. The molecule has 8 nitrogen and oxygen atoms in total. The third-order valence-electron chi connectivity index (χ3n) is 10.6. The number of rotatable bonds is 33. The fraction of sp³-hybridized carbons (Fsp3) is 0.927. The van der Waals surface area contributed by atoms with Crippen molar-refractivity contribution >= 4 is 5.91 Å². The largest absolute Gasteiger partial charge is 0.396 e. The highest BCUT2D eigenvalue weighted by Crippen LogP contribution is 2.26.